The summed E-state index contributed by atoms with van der Waals surface area (Å²) in [4.78, 5) is 27.8. The van der Waals surface area contributed by atoms with Crippen LogP contribution in [0.25, 0.3) is 17.0 Å². The highest BCUT2D eigenvalue weighted by atomic mass is 16.7. The van der Waals surface area contributed by atoms with Gasteiger partial charge in [0.05, 0.1) is 18.5 Å². The summed E-state index contributed by atoms with van der Waals surface area (Å²) in [5.41, 5.74) is 3.06. The summed E-state index contributed by atoms with van der Waals surface area (Å²) in [7, 11) is 0. The normalized spacial score (nSPS) is 14.4. The number of pyridine rings is 1. The topological polar surface area (TPSA) is 64.7 Å². The Morgan fingerprint density at radius 2 is 1.93 bits per heavy atom. The van der Waals surface area contributed by atoms with Crippen LogP contribution in [0.1, 0.15) is 28.9 Å². The van der Waals surface area contributed by atoms with Gasteiger partial charge in [-0.15, -0.1) is 0 Å². The highest BCUT2D eigenvalue weighted by Crippen LogP contribution is 2.23. The molecule has 5 rings (SSSR count). The molecule has 0 aliphatic carbocycles. The molecule has 146 valence electrons. The summed E-state index contributed by atoms with van der Waals surface area (Å²) in [5, 5.41) is 1.43. The first-order valence-electron chi connectivity index (χ1n) is 9.77. The van der Waals surface area contributed by atoms with E-state index in [1.807, 2.05) is 57.8 Å². The molecule has 0 spiro atoms. The molecule has 0 N–H and O–H groups in total. The molecule has 7 heteroatoms. The van der Waals surface area contributed by atoms with E-state index in [1.165, 1.54) is 10.6 Å². The molecule has 29 heavy (non-hydrogen) atoms. The lowest BCUT2D eigenvalue weighted by atomic mass is 10.2. The molecule has 3 aromatic heterocycles. The van der Waals surface area contributed by atoms with Crippen molar-refractivity contribution in [1.29, 1.82) is 0 Å². The van der Waals surface area contributed by atoms with Gasteiger partial charge in [-0.05, 0) is 30.5 Å². The number of amides is 1. The number of hydrogen-bond donors (Lipinski definition) is 0. The van der Waals surface area contributed by atoms with Gasteiger partial charge in [0.1, 0.15) is 5.69 Å². The van der Waals surface area contributed by atoms with Crippen molar-refractivity contribution >= 4 is 11.4 Å². The average Bonchev–Trinajstić information content (AvgIpc) is 3.39. The van der Waals surface area contributed by atoms with Crippen LogP contribution in [0.5, 0.6) is 0 Å². The average molecular weight is 387 g/mol. The number of carbonyl (C=O) groups is 1. The Morgan fingerprint density at radius 3 is 2.76 bits per heavy atom. The Balaban J connectivity index is 1.50. The van der Waals surface area contributed by atoms with E-state index in [0.29, 0.717) is 24.7 Å². The van der Waals surface area contributed by atoms with Crippen molar-refractivity contribution in [2.24, 2.45) is 0 Å². The van der Waals surface area contributed by atoms with Crippen molar-refractivity contribution in [2.45, 2.75) is 19.4 Å². The van der Waals surface area contributed by atoms with Crippen LogP contribution in [0.15, 0.2) is 67.3 Å². The Hall–Kier alpha value is -3.45. The van der Waals surface area contributed by atoms with E-state index >= 15 is 0 Å². The maximum absolute atomic E-state index is 13.0. The lowest BCUT2D eigenvalue weighted by Crippen LogP contribution is -2.36. The van der Waals surface area contributed by atoms with Gasteiger partial charge in [0.25, 0.3) is 5.91 Å². The van der Waals surface area contributed by atoms with E-state index < -0.39 is 0 Å². The van der Waals surface area contributed by atoms with Crippen LogP contribution in [0, 0.1) is 0 Å². The Bertz CT molecular complexity index is 1140. The minimum Gasteiger partial charge on any atom is -0.332 e. The van der Waals surface area contributed by atoms with E-state index in [0.717, 1.165) is 30.6 Å². The second-order valence-corrected chi connectivity index (χ2v) is 7.10. The Labute approximate surface area is 168 Å². The predicted octanol–water partition coefficient (Wildman–Crippen LogP) is 3.41. The SMILES string of the molecule is O=C(c1nc(-c2cn(Cc3ccccc3)cn2)n2ccccc12)N1CCCCO1. The highest BCUT2D eigenvalue weighted by molar-refractivity contribution is 5.99. The number of imidazole rings is 2. The molecule has 0 radical (unpaired) electrons. The summed E-state index contributed by atoms with van der Waals surface area (Å²) in [6.07, 6.45) is 7.57. The maximum atomic E-state index is 13.0. The largest absolute Gasteiger partial charge is 0.332 e. The molecule has 1 amide bonds. The molecular weight excluding hydrogens is 366 g/mol. The molecule has 1 aliphatic heterocycles. The lowest BCUT2D eigenvalue weighted by molar-refractivity contribution is -0.144. The van der Waals surface area contributed by atoms with Crippen molar-refractivity contribution in [2.75, 3.05) is 13.2 Å². The van der Waals surface area contributed by atoms with Crippen LogP contribution in [-0.4, -0.2) is 43.1 Å². The zero-order valence-electron chi connectivity index (χ0n) is 15.9. The smallest absolute Gasteiger partial charge is 0.298 e. The zero-order valence-corrected chi connectivity index (χ0v) is 15.9. The molecule has 0 atom stereocenters. The van der Waals surface area contributed by atoms with Gasteiger partial charge in [-0.25, -0.2) is 15.0 Å². The number of benzene rings is 1. The van der Waals surface area contributed by atoms with Gasteiger partial charge in [-0.1, -0.05) is 36.4 Å². The number of hydrogen-bond acceptors (Lipinski definition) is 4. The third kappa shape index (κ3) is 3.40. The fourth-order valence-corrected chi connectivity index (χ4v) is 3.61. The summed E-state index contributed by atoms with van der Waals surface area (Å²) in [6, 6.07) is 15.9. The second kappa shape index (κ2) is 7.52. The fraction of sp³-hybridized carbons (Fsp3) is 0.227. The molecule has 1 fully saturated rings. The summed E-state index contributed by atoms with van der Waals surface area (Å²) >= 11 is 0. The molecule has 4 heterocycles. The number of fused-ring (bicyclic) bond motifs is 1. The number of nitrogens with zero attached hydrogens (tertiary/aromatic N) is 5. The van der Waals surface area contributed by atoms with Crippen molar-refractivity contribution in [3.63, 3.8) is 0 Å². The van der Waals surface area contributed by atoms with Crippen molar-refractivity contribution in [1.82, 2.24) is 24.0 Å². The predicted molar refractivity (Wildman–Crippen MR) is 108 cm³/mol. The van der Waals surface area contributed by atoms with Crippen molar-refractivity contribution < 1.29 is 9.63 Å². The molecule has 1 aliphatic rings. The molecule has 4 aromatic rings. The van der Waals surface area contributed by atoms with Gasteiger partial charge in [-0.2, -0.15) is 0 Å². The van der Waals surface area contributed by atoms with Gasteiger partial charge < -0.3 is 4.57 Å². The van der Waals surface area contributed by atoms with Gasteiger partial charge in [0.2, 0.25) is 0 Å². The highest BCUT2D eigenvalue weighted by Gasteiger charge is 2.26. The summed E-state index contributed by atoms with van der Waals surface area (Å²) in [6.45, 7) is 1.88. The number of aromatic nitrogens is 4. The van der Waals surface area contributed by atoms with Gasteiger partial charge in [0.15, 0.2) is 11.5 Å². The maximum Gasteiger partial charge on any atom is 0.298 e. The van der Waals surface area contributed by atoms with Gasteiger partial charge in [-0.3, -0.25) is 14.0 Å². The molecule has 0 unspecified atom stereocenters. The lowest BCUT2D eigenvalue weighted by Gasteiger charge is -2.25. The molecule has 0 bridgehead atoms. The standard InChI is InChI=1S/C22H21N5O2/c28-22(27-12-6-7-13-29-27)20-19-10-4-5-11-26(19)21(24-20)18-15-25(16-23-18)14-17-8-2-1-3-9-17/h1-5,8-11,15-16H,6-7,12-14H2. The summed E-state index contributed by atoms with van der Waals surface area (Å²) in [5.74, 6) is 0.441. The Kier molecular flexibility index (Phi) is 4.57. The quantitative estimate of drug-likeness (QED) is 0.538. The number of rotatable bonds is 4. The van der Waals surface area contributed by atoms with Gasteiger partial charge >= 0.3 is 0 Å². The first-order valence-corrected chi connectivity index (χ1v) is 9.77. The van der Waals surface area contributed by atoms with E-state index in [-0.39, 0.29) is 5.91 Å². The first kappa shape index (κ1) is 17.6. The summed E-state index contributed by atoms with van der Waals surface area (Å²) < 4.78 is 3.93. The van der Waals surface area contributed by atoms with E-state index in [9.17, 15) is 4.79 Å². The number of hydroxylamine groups is 2. The molecular formula is C22H21N5O2. The molecule has 1 aromatic carbocycles. The molecule has 1 saturated heterocycles. The Morgan fingerprint density at radius 1 is 1.07 bits per heavy atom. The minimum absolute atomic E-state index is 0.205. The minimum atomic E-state index is -0.205. The van der Waals surface area contributed by atoms with Crippen molar-refractivity contribution in [3.05, 3.63) is 78.5 Å². The third-order valence-corrected chi connectivity index (χ3v) is 5.05. The number of carbonyl (C=O) groups excluding carboxylic acids is 1. The van der Waals surface area contributed by atoms with Crippen LogP contribution in [0.4, 0.5) is 0 Å². The molecule has 0 saturated carbocycles. The van der Waals surface area contributed by atoms with Crippen LogP contribution in [-0.2, 0) is 11.4 Å². The van der Waals surface area contributed by atoms with Crippen LogP contribution in [0.2, 0.25) is 0 Å². The van der Waals surface area contributed by atoms with Crippen LogP contribution >= 0.6 is 0 Å². The first-order chi connectivity index (χ1) is 14.3. The monoisotopic (exact) mass is 387 g/mol. The third-order valence-electron chi connectivity index (χ3n) is 5.05. The zero-order chi connectivity index (χ0) is 19.6. The molecule has 7 nitrogen and oxygen atoms in total. The fourth-order valence-electron chi connectivity index (χ4n) is 3.61. The van der Waals surface area contributed by atoms with Crippen molar-refractivity contribution in [3.8, 4) is 11.5 Å². The second-order valence-electron chi connectivity index (χ2n) is 7.10. The van der Waals surface area contributed by atoms with E-state index in [2.05, 4.69) is 22.1 Å². The van der Waals surface area contributed by atoms with Gasteiger partial charge in [0, 0.05) is 25.5 Å². The van der Waals surface area contributed by atoms with E-state index in [4.69, 9.17) is 4.84 Å². The van der Waals surface area contributed by atoms with E-state index in [1.54, 1.807) is 6.33 Å². The van der Waals surface area contributed by atoms with Crippen LogP contribution in [0.3, 0.4) is 0 Å². The van der Waals surface area contributed by atoms with Crippen LogP contribution < -0.4 is 0 Å².